The van der Waals surface area contributed by atoms with E-state index in [1.54, 1.807) is 18.3 Å². The molecule has 1 amide bonds. The largest absolute Gasteiger partial charge is 0.395 e. The Morgan fingerprint density at radius 2 is 2.03 bits per heavy atom. The fourth-order valence-corrected chi connectivity index (χ4v) is 4.96. The summed E-state index contributed by atoms with van der Waals surface area (Å²) in [6, 6.07) is 6.54. The number of carbonyl (C=O) groups excluding carboxylic acids is 1. The SMILES string of the molecule is Cc1cc(C[C@@H](N)CC(C(N)=O)C(c2cccnc2)C2(C(F)(F)F)CC2)cc2cn[nH]c12. The number of fused-ring (bicyclic) bond motifs is 1. The van der Waals surface area contributed by atoms with Crippen LogP contribution in [-0.4, -0.2) is 33.3 Å². The van der Waals surface area contributed by atoms with Crippen LogP contribution in [0.1, 0.15) is 41.9 Å². The van der Waals surface area contributed by atoms with Gasteiger partial charge in [0.15, 0.2) is 0 Å². The molecule has 2 heterocycles. The smallest absolute Gasteiger partial charge is 0.369 e. The van der Waals surface area contributed by atoms with Crippen LogP contribution in [0.25, 0.3) is 10.9 Å². The van der Waals surface area contributed by atoms with Gasteiger partial charge in [0, 0.05) is 35.7 Å². The lowest BCUT2D eigenvalue weighted by Gasteiger charge is -2.35. The first-order valence-corrected chi connectivity index (χ1v) is 10.6. The zero-order chi connectivity index (χ0) is 23.1. The maximum atomic E-state index is 14.1. The van der Waals surface area contributed by atoms with Crippen molar-refractivity contribution in [3.05, 3.63) is 59.5 Å². The number of aryl methyl sites for hydroxylation is 1. The summed E-state index contributed by atoms with van der Waals surface area (Å²) >= 11 is 0. The van der Waals surface area contributed by atoms with Crippen LogP contribution < -0.4 is 11.5 Å². The third-order valence-corrected chi connectivity index (χ3v) is 6.62. The normalized spacial score (nSPS) is 18.3. The van der Waals surface area contributed by atoms with Crippen LogP contribution in [0.15, 0.2) is 42.9 Å². The van der Waals surface area contributed by atoms with Gasteiger partial charge in [-0.25, -0.2) is 0 Å². The van der Waals surface area contributed by atoms with Crippen LogP contribution in [0.2, 0.25) is 0 Å². The standard InChI is InChI=1S/C23H26F3N5O/c1-13-7-14(8-16-12-30-31-20(13)16)9-17(27)10-18(21(28)32)19(15-3-2-6-29-11-15)22(4-5-22)23(24,25)26/h2-3,6-8,11-12,17-19H,4-5,9-10,27H2,1H3,(H2,28,32)(H,30,31)/t17-,18?,19?/m1/s1. The van der Waals surface area contributed by atoms with Crippen molar-refractivity contribution in [2.24, 2.45) is 22.8 Å². The van der Waals surface area contributed by atoms with Crippen molar-refractivity contribution < 1.29 is 18.0 Å². The van der Waals surface area contributed by atoms with Gasteiger partial charge in [-0.1, -0.05) is 12.1 Å². The highest BCUT2D eigenvalue weighted by atomic mass is 19.4. The van der Waals surface area contributed by atoms with E-state index in [-0.39, 0.29) is 19.3 Å². The summed E-state index contributed by atoms with van der Waals surface area (Å²) in [5.74, 6) is -2.94. The van der Waals surface area contributed by atoms with Gasteiger partial charge in [0.1, 0.15) is 0 Å². The van der Waals surface area contributed by atoms with Crippen molar-refractivity contribution in [3.63, 3.8) is 0 Å². The van der Waals surface area contributed by atoms with E-state index < -0.39 is 35.4 Å². The Hall–Kier alpha value is -2.94. The first-order chi connectivity index (χ1) is 15.1. The van der Waals surface area contributed by atoms with E-state index >= 15 is 0 Å². The minimum absolute atomic E-state index is 0.0363. The quantitative estimate of drug-likeness (QED) is 0.490. The Morgan fingerprint density at radius 1 is 1.28 bits per heavy atom. The number of carbonyl (C=O) groups is 1. The van der Waals surface area contributed by atoms with Crippen molar-refractivity contribution in [2.75, 3.05) is 0 Å². The highest BCUT2D eigenvalue weighted by Gasteiger charge is 2.69. The molecule has 3 aromatic rings. The molecule has 2 unspecified atom stereocenters. The van der Waals surface area contributed by atoms with Gasteiger partial charge in [-0.05, 0) is 61.4 Å². The lowest BCUT2D eigenvalue weighted by atomic mass is 9.71. The number of aromatic nitrogens is 3. The fourth-order valence-electron chi connectivity index (χ4n) is 4.96. The van der Waals surface area contributed by atoms with Crippen molar-refractivity contribution >= 4 is 16.8 Å². The summed E-state index contributed by atoms with van der Waals surface area (Å²) in [5, 5.41) is 7.90. The van der Waals surface area contributed by atoms with Gasteiger partial charge >= 0.3 is 6.18 Å². The van der Waals surface area contributed by atoms with Gasteiger partial charge in [0.2, 0.25) is 5.91 Å². The number of primary amides is 1. The monoisotopic (exact) mass is 445 g/mol. The lowest BCUT2D eigenvalue weighted by molar-refractivity contribution is -0.198. The average molecular weight is 445 g/mol. The molecule has 4 rings (SSSR count). The zero-order valence-electron chi connectivity index (χ0n) is 17.7. The van der Waals surface area contributed by atoms with E-state index in [9.17, 15) is 18.0 Å². The number of benzene rings is 1. The molecule has 0 radical (unpaired) electrons. The number of nitrogens with one attached hydrogen (secondary N) is 1. The molecule has 2 aromatic heterocycles. The van der Waals surface area contributed by atoms with Crippen LogP contribution in [0, 0.1) is 18.3 Å². The van der Waals surface area contributed by atoms with Crippen molar-refractivity contribution in [3.8, 4) is 0 Å². The van der Waals surface area contributed by atoms with Gasteiger partial charge in [0.25, 0.3) is 0 Å². The first-order valence-electron chi connectivity index (χ1n) is 10.6. The lowest BCUT2D eigenvalue weighted by Crippen LogP contribution is -2.42. The van der Waals surface area contributed by atoms with E-state index in [0.717, 1.165) is 22.0 Å². The van der Waals surface area contributed by atoms with E-state index in [1.807, 2.05) is 19.1 Å². The average Bonchev–Trinajstić information content (AvgIpc) is 3.39. The third kappa shape index (κ3) is 4.09. The number of alkyl halides is 3. The van der Waals surface area contributed by atoms with Crippen molar-refractivity contribution in [1.82, 2.24) is 15.2 Å². The molecule has 6 nitrogen and oxygen atoms in total. The number of halogens is 3. The van der Waals surface area contributed by atoms with Crippen LogP contribution in [0.3, 0.4) is 0 Å². The molecule has 3 atom stereocenters. The summed E-state index contributed by atoms with van der Waals surface area (Å²) in [6.07, 6.45) is 0.536. The minimum atomic E-state index is -4.45. The molecule has 0 spiro atoms. The first kappa shape index (κ1) is 22.3. The number of pyridine rings is 1. The molecule has 0 bridgehead atoms. The second-order valence-electron chi connectivity index (χ2n) is 8.87. The zero-order valence-corrected chi connectivity index (χ0v) is 17.7. The molecule has 0 saturated heterocycles. The van der Waals surface area contributed by atoms with Crippen LogP contribution in [-0.2, 0) is 11.2 Å². The number of nitrogens with zero attached hydrogens (tertiary/aromatic N) is 2. The number of nitrogens with two attached hydrogens (primary N) is 2. The second kappa shape index (κ2) is 8.20. The Morgan fingerprint density at radius 3 is 2.62 bits per heavy atom. The molecule has 1 saturated carbocycles. The summed E-state index contributed by atoms with van der Waals surface area (Å²) in [7, 11) is 0. The number of H-pyrrole nitrogens is 1. The van der Waals surface area contributed by atoms with Crippen molar-refractivity contribution in [2.45, 2.75) is 50.7 Å². The highest BCUT2D eigenvalue weighted by molar-refractivity contribution is 5.82. The van der Waals surface area contributed by atoms with Crippen LogP contribution >= 0.6 is 0 Å². The molecular formula is C23H26F3N5O. The molecule has 9 heteroatoms. The molecule has 1 aliphatic rings. The summed E-state index contributed by atoms with van der Waals surface area (Å²) in [5.41, 5.74) is 13.3. The number of hydrogen-bond acceptors (Lipinski definition) is 4. The van der Waals surface area contributed by atoms with Gasteiger partial charge in [-0.2, -0.15) is 18.3 Å². The van der Waals surface area contributed by atoms with E-state index in [4.69, 9.17) is 11.5 Å². The number of aromatic amines is 1. The Kier molecular flexibility index (Phi) is 5.70. The molecule has 32 heavy (non-hydrogen) atoms. The van der Waals surface area contributed by atoms with Crippen molar-refractivity contribution in [1.29, 1.82) is 0 Å². The van der Waals surface area contributed by atoms with E-state index in [1.165, 1.54) is 12.4 Å². The predicted octanol–water partition coefficient (Wildman–Crippen LogP) is 3.75. The van der Waals surface area contributed by atoms with E-state index in [0.29, 0.717) is 12.0 Å². The number of amides is 1. The highest BCUT2D eigenvalue weighted by Crippen LogP contribution is 2.67. The van der Waals surface area contributed by atoms with Gasteiger partial charge in [-0.15, -0.1) is 0 Å². The maximum Gasteiger partial charge on any atom is 0.395 e. The molecular weight excluding hydrogens is 419 g/mol. The minimum Gasteiger partial charge on any atom is -0.369 e. The van der Waals surface area contributed by atoms with Gasteiger partial charge in [-0.3, -0.25) is 14.9 Å². The summed E-state index contributed by atoms with van der Waals surface area (Å²) < 4.78 is 42.3. The van der Waals surface area contributed by atoms with Gasteiger partial charge in [0.05, 0.1) is 17.1 Å². The Balaban J connectivity index is 1.62. The molecule has 5 N–H and O–H groups in total. The fraction of sp³-hybridized carbons (Fsp3) is 0.435. The molecule has 1 aromatic carbocycles. The summed E-state index contributed by atoms with van der Waals surface area (Å²) in [4.78, 5) is 16.5. The predicted molar refractivity (Wildman–Crippen MR) is 115 cm³/mol. The number of rotatable bonds is 8. The number of hydrogen-bond donors (Lipinski definition) is 3. The molecule has 170 valence electrons. The van der Waals surface area contributed by atoms with Gasteiger partial charge < -0.3 is 11.5 Å². The second-order valence-corrected chi connectivity index (χ2v) is 8.87. The summed E-state index contributed by atoms with van der Waals surface area (Å²) in [6.45, 7) is 1.94. The Bertz CT molecular complexity index is 1110. The Labute approximate surface area is 183 Å². The van der Waals surface area contributed by atoms with Crippen LogP contribution in [0.5, 0.6) is 0 Å². The topological polar surface area (TPSA) is 111 Å². The van der Waals surface area contributed by atoms with E-state index in [2.05, 4.69) is 15.2 Å². The third-order valence-electron chi connectivity index (χ3n) is 6.62. The molecule has 0 aliphatic heterocycles. The molecule has 1 aliphatic carbocycles. The molecule has 1 fully saturated rings. The van der Waals surface area contributed by atoms with Crippen LogP contribution in [0.4, 0.5) is 13.2 Å². The maximum absolute atomic E-state index is 14.1.